The van der Waals surface area contributed by atoms with E-state index in [1.54, 1.807) is 30.5 Å². The Bertz CT molecular complexity index is 781. The molecule has 0 aromatic heterocycles. The maximum absolute atomic E-state index is 12.1. The number of nitrogens with zero attached hydrogens (tertiary/aromatic N) is 1. The topological polar surface area (TPSA) is 59.9 Å². The number of rotatable bonds is 7. The third-order valence-corrected chi connectivity index (χ3v) is 4.25. The molecule has 0 saturated heterocycles. The molecule has 2 aromatic carbocycles. The van der Waals surface area contributed by atoms with E-state index < -0.39 is 0 Å². The van der Waals surface area contributed by atoms with Gasteiger partial charge in [-0.3, -0.25) is 4.79 Å². The smallest absolute Gasteiger partial charge is 0.272 e. The molecule has 0 aliphatic rings. The number of hydrogen-bond donors (Lipinski definition) is 1. The Balaban J connectivity index is 2.15. The van der Waals surface area contributed by atoms with Gasteiger partial charge in [-0.15, -0.1) is 0 Å². The van der Waals surface area contributed by atoms with Gasteiger partial charge in [0.05, 0.1) is 33.6 Å². The standard InChI is InChI=1S/C18H18ClIN2O3/c1-3-24-16-10-12(9-15(20)17(16)25-4-2)11-21-22-18(23)13-7-5-6-8-14(13)19/h5-11H,3-4H2,1-2H3,(H,22,23)/b21-11-. The Morgan fingerprint density at radius 1 is 1.24 bits per heavy atom. The summed E-state index contributed by atoms with van der Waals surface area (Å²) in [5.74, 6) is 0.991. The van der Waals surface area contributed by atoms with Crippen LogP contribution in [0.1, 0.15) is 29.8 Å². The minimum atomic E-state index is -0.368. The van der Waals surface area contributed by atoms with Crippen molar-refractivity contribution >= 4 is 46.3 Å². The van der Waals surface area contributed by atoms with Crippen molar-refractivity contribution in [3.63, 3.8) is 0 Å². The average Bonchev–Trinajstić information content (AvgIpc) is 2.58. The van der Waals surface area contributed by atoms with Crippen molar-refractivity contribution in [3.05, 3.63) is 56.1 Å². The predicted octanol–water partition coefficient (Wildman–Crippen LogP) is 4.51. The van der Waals surface area contributed by atoms with Gasteiger partial charge in [-0.05, 0) is 66.3 Å². The van der Waals surface area contributed by atoms with Crippen molar-refractivity contribution in [2.24, 2.45) is 5.10 Å². The number of hydrazone groups is 1. The zero-order chi connectivity index (χ0) is 18.2. The van der Waals surface area contributed by atoms with E-state index in [2.05, 4.69) is 33.1 Å². The van der Waals surface area contributed by atoms with Crippen LogP contribution in [0.4, 0.5) is 0 Å². The first-order valence-electron chi connectivity index (χ1n) is 7.73. The SMILES string of the molecule is CCOc1cc(/C=N\NC(=O)c2ccccc2Cl)cc(I)c1OCC. The summed E-state index contributed by atoms with van der Waals surface area (Å²) >= 11 is 8.18. The Kier molecular flexibility index (Phi) is 7.52. The number of nitrogens with one attached hydrogen (secondary N) is 1. The van der Waals surface area contributed by atoms with Crippen molar-refractivity contribution < 1.29 is 14.3 Å². The molecule has 2 aromatic rings. The van der Waals surface area contributed by atoms with Gasteiger partial charge in [0.25, 0.3) is 5.91 Å². The summed E-state index contributed by atoms with van der Waals surface area (Å²) < 4.78 is 12.2. The Morgan fingerprint density at radius 3 is 2.64 bits per heavy atom. The lowest BCUT2D eigenvalue weighted by atomic mass is 10.2. The molecule has 0 spiro atoms. The van der Waals surface area contributed by atoms with Crippen LogP contribution in [0.2, 0.25) is 5.02 Å². The fourth-order valence-electron chi connectivity index (χ4n) is 2.08. The van der Waals surface area contributed by atoms with Gasteiger partial charge in [0.15, 0.2) is 11.5 Å². The Hall–Kier alpha value is -1.80. The molecule has 0 radical (unpaired) electrons. The van der Waals surface area contributed by atoms with Gasteiger partial charge >= 0.3 is 0 Å². The van der Waals surface area contributed by atoms with E-state index in [-0.39, 0.29) is 5.91 Å². The summed E-state index contributed by atoms with van der Waals surface area (Å²) in [4.78, 5) is 12.1. The van der Waals surface area contributed by atoms with Crippen LogP contribution >= 0.6 is 34.2 Å². The van der Waals surface area contributed by atoms with E-state index in [4.69, 9.17) is 21.1 Å². The molecule has 0 atom stereocenters. The van der Waals surface area contributed by atoms with Gasteiger partial charge in [0, 0.05) is 0 Å². The van der Waals surface area contributed by atoms with Crippen LogP contribution in [0.5, 0.6) is 11.5 Å². The third kappa shape index (κ3) is 5.34. The normalized spacial score (nSPS) is 10.7. The van der Waals surface area contributed by atoms with Crippen LogP contribution in [0.15, 0.2) is 41.5 Å². The first-order chi connectivity index (χ1) is 12.1. The quantitative estimate of drug-likeness (QED) is 0.367. The van der Waals surface area contributed by atoms with Crippen molar-refractivity contribution in [3.8, 4) is 11.5 Å². The lowest BCUT2D eigenvalue weighted by molar-refractivity contribution is 0.0955. The molecule has 0 saturated carbocycles. The van der Waals surface area contributed by atoms with Gasteiger partial charge in [-0.25, -0.2) is 5.43 Å². The molecule has 25 heavy (non-hydrogen) atoms. The highest BCUT2D eigenvalue weighted by Gasteiger charge is 2.11. The highest BCUT2D eigenvalue weighted by molar-refractivity contribution is 14.1. The van der Waals surface area contributed by atoms with E-state index in [1.165, 1.54) is 0 Å². The van der Waals surface area contributed by atoms with E-state index in [1.807, 2.05) is 26.0 Å². The summed E-state index contributed by atoms with van der Waals surface area (Å²) in [7, 11) is 0. The maximum Gasteiger partial charge on any atom is 0.272 e. The highest BCUT2D eigenvalue weighted by Crippen LogP contribution is 2.33. The monoisotopic (exact) mass is 472 g/mol. The van der Waals surface area contributed by atoms with Crippen LogP contribution < -0.4 is 14.9 Å². The summed E-state index contributed by atoms with van der Waals surface area (Å²) in [6.45, 7) is 4.91. The largest absolute Gasteiger partial charge is 0.490 e. The second-order valence-electron chi connectivity index (χ2n) is 4.87. The van der Waals surface area contributed by atoms with Crippen LogP contribution in [-0.4, -0.2) is 25.3 Å². The van der Waals surface area contributed by atoms with Gasteiger partial charge in [-0.2, -0.15) is 5.10 Å². The first-order valence-corrected chi connectivity index (χ1v) is 9.19. The predicted molar refractivity (Wildman–Crippen MR) is 108 cm³/mol. The fraction of sp³-hybridized carbons (Fsp3) is 0.222. The molecular weight excluding hydrogens is 455 g/mol. The van der Waals surface area contributed by atoms with Crippen molar-refractivity contribution in [1.82, 2.24) is 5.43 Å². The van der Waals surface area contributed by atoms with E-state index >= 15 is 0 Å². The maximum atomic E-state index is 12.1. The summed E-state index contributed by atoms with van der Waals surface area (Å²) in [6, 6.07) is 10.5. The van der Waals surface area contributed by atoms with Crippen molar-refractivity contribution in [2.45, 2.75) is 13.8 Å². The Labute approximate surface area is 165 Å². The average molecular weight is 473 g/mol. The molecular formula is C18H18ClIN2O3. The van der Waals surface area contributed by atoms with Gasteiger partial charge in [0.1, 0.15) is 0 Å². The van der Waals surface area contributed by atoms with Crippen LogP contribution in [0, 0.1) is 3.57 Å². The summed E-state index contributed by atoms with van der Waals surface area (Å²) in [5.41, 5.74) is 3.63. The number of halogens is 2. The third-order valence-electron chi connectivity index (χ3n) is 3.12. The number of benzene rings is 2. The Morgan fingerprint density at radius 2 is 1.96 bits per heavy atom. The molecule has 0 fully saturated rings. The highest BCUT2D eigenvalue weighted by atomic mass is 127. The number of carbonyl (C=O) groups is 1. The zero-order valence-electron chi connectivity index (χ0n) is 13.9. The van der Waals surface area contributed by atoms with Gasteiger partial charge in [-0.1, -0.05) is 23.7 Å². The zero-order valence-corrected chi connectivity index (χ0v) is 16.8. The van der Waals surface area contributed by atoms with E-state index in [0.717, 1.165) is 9.13 Å². The lowest BCUT2D eigenvalue weighted by Crippen LogP contribution is -2.18. The van der Waals surface area contributed by atoms with E-state index in [0.29, 0.717) is 35.3 Å². The summed E-state index contributed by atoms with van der Waals surface area (Å²) in [5, 5.41) is 4.37. The second-order valence-corrected chi connectivity index (χ2v) is 6.44. The molecule has 0 aliphatic carbocycles. The molecule has 5 nitrogen and oxygen atoms in total. The number of ether oxygens (including phenoxy) is 2. The number of amides is 1. The van der Waals surface area contributed by atoms with Crippen LogP contribution in [-0.2, 0) is 0 Å². The van der Waals surface area contributed by atoms with Crippen LogP contribution in [0.25, 0.3) is 0 Å². The number of carbonyl (C=O) groups excluding carboxylic acids is 1. The summed E-state index contributed by atoms with van der Waals surface area (Å²) in [6.07, 6.45) is 1.55. The van der Waals surface area contributed by atoms with Crippen LogP contribution in [0.3, 0.4) is 0 Å². The molecule has 7 heteroatoms. The second kappa shape index (κ2) is 9.62. The van der Waals surface area contributed by atoms with E-state index in [9.17, 15) is 4.79 Å². The molecule has 0 bridgehead atoms. The lowest BCUT2D eigenvalue weighted by Gasteiger charge is -2.13. The molecule has 0 heterocycles. The molecule has 0 unspecified atom stereocenters. The molecule has 2 rings (SSSR count). The van der Waals surface area contributed by atoms with Crippen molar-refractivity contribution in [1.29, 1.82) is 0 Å². The first kappa shape index (κ1) is 19.5. The molecule has 132 valence electrons. The minimum absolute atomic E-state index is 0.368. The van der Waals surface area contributed by atoms with Gasteiger partial charge < -0.3 is 9.47 Å². The molecule has 0 aliphatic heterocycles. The number of hydrogen-bond acceptors (Lipinski definition) is 4. The van der Waals surface area contributed by atoms with Crippen molar-refractivity contribution in [2.75, 3.05) is 13.2 Å². The fourth-order valence-corrected chi connectivity index (χ4v) is 3.08. The molecule has 1 amide bonds. The van der Waals surface area contributed by atoms with Gasteiger partial charge in [0.2, 0.25) is 0 Å². The minimum Gasteiger partial charge on any atom is -0.490 e. The molecule has 1 N–H and O–H groups in total.